The SMILES string of the molecule is Cc1ccc(-n2cc(N3CNC(=O)c4nccn43)cn2)nc1. The van der Waals surface area contributed by atoms with Crippen molar-refractivity contribution in [3.05, 3.63) is 54.5 Å². The molecule has 0 aromatic carbocycles. The van der Waals surface area contributed by atoms with Gasteiger partial charge in [-0.05, 0) is 18.6 Å². The van der Waals surface area contributed by atoms with E-state index in [9.17, 15) is 4.79 Å². The lowest BCUT2D eigenvalue weighted by Gasteiger charge is -2.29. The van der Waals surface area contributed by atoms with Crippen LogP contribution >= 0.6 is 0 Å². The molecule has 3 aromatic heterocycles. The van der Waals surface area contributed by atoms with E-state index in [1.165, 1.54) is 0 Å². The van der Waals surface area contributed by atoms with Gasteiger partial charge in [0.25, 0.3) is 5.91 Å². The molecular weight excluding hydrogens is 282 g/mol. The lowest BCUT2D eigenvalue weighted by Crippen LogP contribution is -2.48. The predicted molar refractivity (Wildman–Crippen MR) is 78.5 cm³/mol. The molecule has 1 aliphatic rings. The van der Waals surface area contributed by atoms with Gasteiger partial charge in [0.2, 0.25) is 5.82 Å². The second kappa shape index (κ2) is 4.69. The average Bonchev–Trinajstić information content (AvgIpc) is 3.18. The van der Waals surface area contributed by atoms with Crippen molar-refractivity contribution in [2.24, 2.45) is 0 Å². The fraction of sp³-hybridized carbons (Fsp3) is 0.143. The van der Waals surface area contributed by atoms with Crippen LogP contribution < -0.4 is 10.3 Å². The Morgan fingerprint density at radius 1 is 1.23 bits per heavy atom. The molecule has 0 fully saturated rings. The number of aromatic nitrogens is 5. The van der Waals surface area contributed by atoms with Crippen molar-refractivity contribution in [3.8, 4) is 5.82 Å². The van der Waals surface area contributed by atoms with Gasteiger partial charge in [0.05, 0.1) is 18.1 Å². The Morgan fingerprint density at radius 3 is 2.95 bits per heavy atom. The summed E-state index contributed by atoms with van der Waals surface area (Å²) in [6.07, 6.45) is 8.72. The van der Waals surface area contributed by atoms with E-state index in [0.717, 1.165) is 17.1 Å². The molecule has 0 saturated heterocycles. The number of anilines is 1. The van der Waals surface area contributed by atoms with Crippen LogP contribution in [0.25, 0.3) is 5.82 Å². The molecule has 0 unspecified atom stereocenters. The zero-order valence-corrected chi connectivity index (χ0v) is 11.8. The zero-order chi connectivity index (χ0) is 15.1. The molecule has 4 heterocycles. The molecular formula is C14H13N7O. The number of aryl methyl sites for hydroxylation is 1. The zero-order valence-electron chi connectivity index (χ0n) is 11.8. The van der Waals surface area contributed by atoms with Crippen LogP contribution in [0, 0.1) is 6.92 Å². The molecule has 1 aliphatic heterocycles. The summed E-state index contributed by atoms with van der Waals surface area (Å²) in [7, 11) is 0. The number of carbonyl (C=O) groups excluding carboxylic acids is 1. The molecule has 0 spiro atoms. The first-order valence-corrected chi connectivity index (χ1v) is 6.79. The number of hydrogen-bond donors (Lipinski definition) is 1. The molecule has 3 aromatic rings. The highest BCUT2D eigenvalue weighted by Gasteiger charge is 2.24. The lowest BCUT2D eigenvalue weighted by atomic mass is 10.3. The number of hydrogen-bond acceptors (Lipinski definition) is 5. The van der Waals surface area contributed by atoms with Gasteiger partial charge in [-0.25, -0.2) is 19.3 Å². The highest BCUT2D eigenvalue weighted by Crippen LogP contribution is 2.18. The van der Waals surface area contributed by atoms with E-state index in [1.807, 2.05) is 30.3 Å². The van der Waals surface area contributed by atoms with Gasteiger partial charge in [-0.1, -0.05) is 6.07 Å². The van der Waals surface area contributed by atoms with Gasteiger partial charge in [0, 0.05) is 18.6 Å². The normalized spacial score (nSPS) is 13.9. The number of fused-ring (bicyclic) bond motifs is 1. The molecule has 0 atom stereocenters. The molecule has 1 N–H and O–H groups in total. The highest BCUT2D eigenvalue weighted by atomic mass is 16.2. The average molecular weight is 295 g/mol. The summed E-state index contributed by atoms with van der Waals surface area (Å²) in [5, 5.41) is 8.99. The molecule has 4 rings (SSSR count). The van der Waals surface area contributed by atoms with Crippen LogP contribution in [0.2, 0.25) is 0 Å². The van der Waals surface area contributed by atoms with Crippen molar-refractivity contribution in [1.82, 2.24) is 29.7 Å². The van der Waals surface area contributed by atoms with Crippen LogP contribution in [-0.2, 0) is 0 Å². The molecule has 110 valence electrons. The Morgan fingerprint density at radius 2 is 2.14 bits per heavy atom. The Labute approximate surface area is 126 Å². The Balaban J connectivity index is 1.69. The lowest BCUT2D eigenvalue weighted by molar-refractivity contribution is 0.0923. The van der Waals surface area contributed by atoms with E-state index < -0.39 is 0 Å². The van der Waals surface area contributed by atoms with E-state index in [2.05, 4.69) is 20.4 Å². The van der Waals surface area contributed by atoms with Crippen LogP contribution in [0.15, 0.2) is 43.1 Å². The number of pyridine rings is 1. The standard InChI is InChI=1S/C14H13N7O/c1-10-2-3-12(16-6-10)19-8-11(7-18-19)21-9-17-14(22)13-15-4-5-20(13)21/h2-8H,9H2,1H3,(H,17,22). The van der Waals surface area contributed by atoms with Crippen LogP contribution in [-0.4, -0.2) is 37.0 Å². The molecule has 1 amide bonds. The van der Waals surface area contributed by atoms with Gasteiger partial charge in [-0.3, -0.25) is 9.80 Å². The van der Waals surface area contributed by atoms with Crippen LogP contribution in [0.5, 0.6) is 0 Å². The molecule has 8 heteroatoms. The molecule has 8 nitrogen and oxygen atoms in total. The number of imidazole rings is 1. The first-order valence-electron chi connectivity index (χ1n) is 6.79. The summed E-state index contributed by atoms with van der Waals surface area (Å²) in [6.45, 7) is 2.34. The van der Waals surface area contributed by atoms with Crippen molar-refractivity contribution >= 4 is 11.6 Å². The number of rotatable bonds is 2. The molecule has 0 radical (unpaired) electrons. The van der Waals surface area contributed by atoms with Crippen molar-refractivity contribution in [3.63, 3.8) is 0 Å². The topological polar surface area (TPSA) is 80.9 Å². The number of nitrogens with one attached hydrogen (secondary N) is 1. The minimum atomic E-state index is -0.186. The fourth-order valence-electron chi connectivity index (χ4n) is 2.34. The second-order valence-electron chi connectivity index (χ2n) is 5.00. The third-order valence-electron chi connectivity index (χ3n) is 3.47. The van der Waals surface area contributed by atoms with Gasteiger partial charge >= 0.3 is 0 Å². The van der Waals surface area contributed by atoms with E-state index in [0.29, 0.717) is 12.5 Å². The first-order chi connectivity index (χ1) is 10.7. The summed E-state index contributed by atoms with van der Waals surface area (Å²) in [5.74, 6) is 0.907. The van der Waals surface area contributed by atoms with Crippen LogP contribution in [0.3, 0.4) is 0 Å². The number of carbonyl (C=O) groups is 1. The van der Waals surface area contributed by atoms with E-state index >= 15 is 0 Å². The summed E-state index contributed by atoms with van der Waals surface area (Å²) in [5.41, 5.74) is 1.93. The van der Waals surface area contributed by atoms with E-state index in [-0.39, 0.29) is 5.91 Å². The maximum atomic E-state index is 11.7. The smallest absolute Gasteiger partial charge is 0.290 e. The molecule has 0 aliphatic carbocycles. The highest BCUT2D eigenvalue weighted by molar-refractivity contribution is 5.92. The van der Waals surface area contributed by atoms with Crippen molar-refractivity contribution in [1.29, 1.82) is 0 Å². The maximum absolute atomic E-state index is 11.7. The van der Waals surface area contributed by atoms with Crippen molar-refractivity contribution in [2.45, 2.75) is 6.92 Å². The van der Waals surface area contributed by atoms with Crippen molar-refractivity contribution < 1.29 is 4.79 Å². The van der Waals surface area contributed by atoms with Crippen molar-refractivity contribution in [2.75, 3.05) is 11.7 Å². The van der Waals surface area contributed by atoms with Gasteiger partial charge in [0.15, 0.2) is 5.82 Å². The van der Waals surface area contributed by atoms with Gasteiger partial charge in [-0.15, -0.1) is 0 Å². The number of amides is 1. The minimum absolute atomic E-state index is 0.186. The third-order valence-corrected chi connectivity index (χ3v) is 3.47. The molecule has 0 bridgehead atoms. The van der Waals surface area contributed by atoms with Gasteiger partial charge in [0.1, 0.15) is 6.67 Å². The van der Waals surface area contributed by atoms with Gasteiger partial charge < -0.3 is 5.32 Å². The Bertz CT molecular complexity index is 833. The third kappa shape index (κ3) is 1.93. The predicted octanol–water partition coefficient (Wildman–Crippen LogP) is 0.743. The Hall–Kier alpha value is -3.16. The van der Waals surface area contributed by atoms with Crippen LogP contribution in [0.1, 0.15) is 16.2 Å². The molecule has 0 saturated carbocycles. The quantitative estimate of drug-likeness (QED) is 0.754. The van der Waals surface area contributed by atoms with E-state index in [1.54, 1.807) is 34.1 Å². The summed E-state index contributed by atoms with van der Waals surface area (Å²) < 4.78 is 3.41. The fourth-order valence-corrected chi connectivity index (χ4v) is 2.34. The minimum Gasteiger partial charge on any atom is -0.330 e. The van der Waals surface area contributed by atoms with Gasteiger partial charge in [-0.2, -0.15) is 5.10 Å². The largest absolute Gasteiger partial charge is 0.330 e. The first kappa shape index (κ1) is 12.6. The second-order valence-corrected chi connectivity index (χ2v) is 5.00. The monoisotopic (exact) mass is 295 g/mol. The van der Waals surface area contributed by atoms with Crippen LogP contribution in [0.4, 0.5) is 5.69 Å². The Kier molecular flexibility index (Phi) is 2.68. The summed E-state index contributed by atoms with van der Waals surface area (Å²) >= 11 is 0. The molecule has 22 heavy (non-hydrogen) atoms. The summed E-state index contributed by atoms with van der Waals surface area (Å²) in [6, 6.07) is 3.89. The maximum Gasteiger partial charge on any atom is 0.290 e. The summed E-state index contributed by atoms with van der Waals surface area (Å²) in [4.78, 5) is 20.1. The number of nitrogens with zero attached hydrogens (tertiary/aromatic N) is 6. The van der Waals surface area contributed by atoms with E-state index in [4.69, 9.17) is 0 Å².